The molecule has 2 N–H and O–H groups in total. The zero-order valence-electron chi connectivity index (χ0n) is 12.4. The average Bonchev–Trinajstić information content (AvgIpc) is 2.49. The van der Waals surface area contributed by atoms with E-state index in [0.717, 1.165) is 25.9 Å². The molecule has 5 nitrogen and oxygen atoms in total. The van der Waals surface area contributed by atoms with E-state index < -0.39 is 10.0 Å². The van der Waals surface area contributed by atoms with E-state index in [4.69, 9.17) is 27.9 Å². The summed E-state index contributed by atoms with van der Waals surface area (Å²) in [6.07, 6.45) is 1.71. The van der Waals surface area contributed by atoms with Crippen LogP contribution in [0.4, 0.5) is 0 Å². The summed E-state index contributed by atoms with van der Waals surface area (Å²) in [7, 11) is -2.08. The standard InChI is InChI=1S/C14H20Cl2N2O3S/c1-21-10-14(4-6-17-7-5-14)9-18-22(19,20)13-8-11(15)2-3-12(13)16/h2-3,8,17-18H,4-7,9-10H2,1H3. The maximum atomic E-state index is 12.5. The highest BCUT2D eigenvalue weighted by Crippen LogP contribution is 2.30. The third-order valence-electron chi connectivity index (χ3n) is 3.93. The molecule has 0 amide bonds. The van der Waals surface area contributed by atoms with Crippen molar-refractivity contribution < 1.29 is 13.2 Å². The Morgan fingerprint density at radius 3 is 2.64 bits per heavy atom. The molecule has 1 aliphatic heterocycles. The molecule has 124 valence electrons. The molecular formula is C14H20Cl2N2O3S. The molecule has 2 rings (SSSR count). The first-order chi connectivity index (χ1) is 10.4. The van der Waals surface area contributed by atoms with Crippen molar-refractivity contribution in [2.24, 2.45) is 5.41 Å². The van der Waals surface area contributed by atoms with E-state index in [9.17, 15) is 8.42 Å². The molecule has 0 saturated carbocycles. The lowest BCUT2D eigenvalue weighted by atomic mass is 9.80. The molecule has 0 atom stereocenters. The van der Waals surface area contributed by atoms with E-state index in [-0.39, 0.29) is 15.3 Å². The lowest BCUT2D eigenvalue weighted by Gasteiger charge is -2.37. The molecule has 8 heteroatoms. The summed E-state index contributed by atoms with van der Waals surface area (Å²) in [6, 6.07) is 4.40. The van der Waals surface area contributed by atoms with Crippen LogP contribution in [0.2, 0.25) is 10.0 Å². The van der Waals surface area contributed by atoms with E-state index >= 15 is 0 Å². The average molecular weight is 367 g/mol. The Kier molecular flexibility index (Phi) is 6.10. The topological polar surface area (TPSA) is 67.4 Å². The number of nitrogens with one attached hydrogen (secondary N) is 2. The Morgan fingerprint density at radius 1 is 1.32 bits per heavy atom. The number of hydrogen-bond donors (Lipinski definition) is 2. The Balaban J connectivity index is 2.15. The molecule has 1 aromatic carbocycles. The van der Waals surface area contributed by atoms with Crippen LogP contribution in [-0.4, -0.2) is 41.8 Å². The highest BCUT2D eigenvalue weighted by molar-refractivity contribution is 7.89. The van der Waals surface area contributed by atoms with Crippen molar-refractivity contribution in [3.8, 4) is 0 Å². The smallest absolute Gasteiger partial charge is 0.242 e. The lowest BCUT2D eigenvalue weighted by molar-refractivity contribution is 0.0577. The van der Waals surface area contributed by atoms with Crippen LogP contribution in [0, 0.1) is 5.41 Å². The number of hydrogen-bond acceptors (Lipinski definition) is 4. The minimum atomic E-state index is -3.71. The Bertz CT molecular complexity index is 611. The molecule has 0 aliphatic carbocycles. The summed E-state index contributed by atoms with van der Waals surface area (Å²) in [4.78, 5) is 0.00293. The van der Waals surface area contributed by atoms with Gasteiger partial charge in [0.15, 0.2) is 0 Å². The fourth-order valence-electron chi connectivity index (χ4n) is 2.64. The second kappa shape index (κ2) is 7.47. The van der Waals surface area contributed by atoms with Gasteiger partial charge in [-0.3, -0.25) is 0 Å². The highest BCUT2D eigenvalue weighted by atomic mass is 35.5. The van der Waals surface area contributed by atoms with Crippen LogP contribution in [0.5, 0.6) is 0 Å². The summed E-state index contributed by atoms with van der Waals surface area (Å²) >= 11 is 11.9. The van der Waals surface area contributed by atoms with E-state index in [1.165, 1.54) is 12.1 Å². The largest absolute Gasteiger partial charge is 0.384 e. The number of sulfonamides is 1. The van der Waals surface area contributed by atoms with E-state index in [2.05, 4.69) is 10.0 Å². The molecule has 0 aromatic heterocycles. The lowest BCUT2D eigenvalue weighted by Crippen LogP contribution is -2.47. The van der Waals surface area contributed by atoms with Gasteiger partial charge in [-0.25, -0.2) is 13.1 Å². The van der Waals surface area contributed by atoms with Crippen molar-refractivity contribution >= 4 is 33.2 Å². The summed E-state index contributed by atoms with van der Waals surface area (Å²) in [6.45, 7) is 2.53. The minimum absolute atomic E-state index is 0.00293. The summed E-state index contributed by atoms with van der Waals surface area (Å²) in [5, 5.41) is 3.76. The van der Waals surface area contributed by atoms with Gasteiger partial charge in [-0.05, 0) is 44.1 Å². The normalized spacial score (nSPS) is 18.3. The van der Waals surface area contributed by atoms with Crippen molar-refractivity contribution in [1.82, 2.24) is 10.0 Å². The maximum Gasteiger partial charge on any atom is 0.242 e. The highest BCUT2D eigenvalue weighted by Gasteiger charge is 2.34. The van der Waals surface area contributed by atoms with Crippen LogP contribution >= 0.6 is 23.2 Å². The van der Waals surface area contributed by atoms with E-state index in [1.807, 2.05) is 0 Å². The molecule has 22 heavy (non-hydrogen) atoms. The molecule has 1 fully saturated rings. The van der Waals surface area contributed by atoms with Gasteiger partial charge in [-0.15, -0.1) is 0 Å². The fourth-order valence-corrected chi connectivity index (χ4v) is 4.56. The molecule has 0 unspecified atom stereocenters. The van der Waals surface area contributed by atoms with Gasteiger partial charge in [0.25, 0.3) is 0 Å². The number of halogens is 2. The van der Waals surface area contributed by atoms with Crippen molar-refractivity contribution in [3.63, 3.8) is 0 Å². The molecule has 1 saturated heterocycles. The third-order valence-corrected chi connectivity index (χ3v) is 6.05. The number of benzene rings is 1. The van der Waals surface area contributed by atoms with Crippen molar-refractivity contribution in [1.29, 1.82) is 0 Å². The van der Waals surface area contributed by atoms with Gasteiger partial charge >= 0.3 is 0 Å². The first-order valence-corrected chi connectivity index (χ1v) is 9.27. The molecular weight excluding hydrogens is 347 g/mol. The zero-order chi connectivity index (χ0) is 16.2. The van der Waals surface area contributed by atoms with Crippen LogP contribution in [0.15, 0.2) is 23.1 Å². The van der Waals surface area contributed by atoms with Gasteiger partial charge in [0, 0.05) is 24.1 Å². The summed E-state index contributed by atoms with van der Waals surface area (Å²) in [5.41, 5.74) is -0.196. The number of piperidine rings is 1. The quantitative estimate of drug-likeness (QED) is 0.810. The number of methoxy groups -OCH3 is 1. The summed E-state index contributed by atoms with van der Waals surface area (Å²) in [5.74, 6) is 0. The molecule has 0 radical (unpaired) electrons. The second-order valence-corrected chi connectivity index (χ2v) is 8.16. The zero-order valence-corrected chi connectivity index (χ0v) is 14.7. The Labute approximate surface area is 141 Å². The minimum Gasteiger partial charge on any atom is -0.384 e. The van der Waals surface area contributed by atoms with Crippen LogP contribution in [0.1, 0.15) is 12.8 Å². The summed E-state index contributed by atoms with van der Waals surface area (Å²) < 4.78 is 32.9. The fraction of sp³-hybridized carbons (Fsp3) is 0.571. The number of ether oxygens (including phenoxy) is 1. The SMILES string of the molecule is COCC1(CNS(=O)(=O)c2cc(Cl)ccc2Cl)CCNCC1. The van der Waals surface area contributed by atoms with Crippen molar-refractivity contribution in [2.75, 3.05) is 33.4 Å². The van der Waals surface area contributed by atoms with Crippen LogP contribution in [-0.2, 0) is 14.8 Å². The molecule has 1 aromatic rings. The molecule has 1 aliphatic rings. The van der Waals surface area contributed by atoms with Gasteiger partial charge in [0.05, 0.1) is 11.6 Å². The first-order valence-electron chi connectivity index (χ1n) is 7.03. The third kappa shape index (κ3) is 4.34. The monoisotopic (exact) mass is 366 g/mol. The van der Waals surface area contributed by atoms with Crippen molar-refractivity contribution in [2.45, 2.75) is 17.7 Å². The van der Waals surface area contributed by atoms with E-state index in [1.54, 1.807) is 13.2 Å². The van der Waals surface area contributed by atoms with Crippen LogP contribution < -0.4 is 10.0 Å². The van der Waals surface area contributed by atoms with Gasteiger partial charge < -0.3 is 10.1 Å². The molecule has 0 bridgehead atoms. The molecule has 1 heterocycles. The molecule has 0 spiro atoms. The van der Waals surface area contributed by atoms with Gasteiger partial charge in [0.2, 0.25) is 10.0 Å². The second-order valence-electron chi connectivity index (χ2n) is 5.58. The van der Waals surface area contributed by atoms with Gasteiger partial charge in [-0.2, -0.15) is 0 Å². The van der Waals surface area contributed by atoms with Crippen LogP contribution in [0.3, 0.4) is 0 Å². The predicted octanol–water partition coefficient (Wildman–Crippen LogP) is 2.29. The Morgan fingerprint density at radius 2 is 2.00 bits per heavy atom. The van der Waals surface area contributed by atoms with Crippen molar-refractivity contribution in [3.05, 3.63) is 28.2 Å². The number of rotatable bonds is 6. The first kappa shape index (κ1) is 18.0. The van der Waals surface area contributed by atoms with E-state index in [0.29, 0.717) is 18.2 Å². The van der Waals surface area contributed by atoms with Crippen LogP contribution in [0.25, 0.3) is 0 Å². The maximum absolute atomic E-state index is 12.5. The Hall–Kier alpha value is -0.370. The van der Waals surface area contributed by atoms with Gasteiger partial charge in [0.1, 0.15) is 4.90 Å². The predicted molar refractivity (Wildman–Crippen MR) is 88.1 cm³/mol. The van der Waals surface area contributed by atoms with Gasteiger partial charge in [-0.1, -0.05) is 23.2 Å².